The van der Waals surface area contributed by atoms with Crippen LogP contribution in [0, 0.1) is 19.7 Å². The number of carbonyl (C=O) groups is 1. The van der Waals surface area contributed by atoms with Crippen LogP contribution in [0.3, 0.4) is 0 Å². The second kappa shape index (κ2) is 4.80. The average Bonchev–Trinajstić information content (AvgIpc) is 2.76. The zero-order valence-corrected chi connectivity index (χ0v) is 12.0. The maximum Gasteiger partial charge on any atom is 0.338 e. The highest BCUT2D eigenvalue weighted by atomic mass is 19.1. The molecule has 0 bridgehead atoms. The molecule has 6 nitrogen and oxygen atoms in total. The van der Waals surface area contributed by atoms with Crippen molar-refractivity contribution in [3.8, 4) is 11.1 Å². The lowest BCUT2D eigenvalue weighted by Crippen LogP contribution is -2.07. The number of aromatic carboxylic acids is 1. The second-order valence-electron chi connectivity index (χ2n) is 5.07. The molecule has 0 radical (unpaired) electrons. The van der Waals surface area contributed by atoms with E-state index < -0.39 is 11.8 Å². The van der Waals surface area contributed by atoms with Crippen LogP contribution in [0.1, 0.15) is 21.5 Å². The highest BCUT2D eigenvalue weighted by Crippen LogP contribution is 2.31. The van der Waals surface area contributed by atoms with Crippen molar-refractivity contribution >= 4 is 17.6 Å². The first kappa shape index (κ1) is 14.0. The first-order valence-corrected chi connectivity index (χ1v) is 6.53. The molecular weight excluding hydrogens is 287 g/mol. The van der Waals surface area contributed by atoms with Crippen LogP contribution in [-0.4, -0.2) is 25.7 Å². The number of aromatic nitrogens is 3. The summed E-state index contributed by atoms with van der Waals surface area (Å²) in [6, 6.07) is 4.92. The van der Waals surface area contributed by atoms with E-state index in [-0.39, 0.29) is 17.1 Å². The molecule has 0 aliphatic heterocycles. The third kappa shape index (κ3) is 2.07. The molecule has 0 unspecified atom stereocenters. The number of aryl methyl sites for hydroxylation is 2. The van der Waals surface area contributed by atoms with E-state index in [0.717, 1.165) is 0 Å². The fourth-order valence-electron chi connectivity index (χ4n) is 2.61. The summed E-state index contributed by atoms with van der Waals surface area (Å²) in [5.41, 5.74) is 7.48. The quantitative estimate of drug-likeness (QED) is 0.758. The fourth-order valence-corrected chi connectivity index (χ4v) is 2.61. The highest BCUT2D eigenvalue weighted by molar-refractivity contribution is 5.92. The molecule has 3 N–H and O–H groups in total. The van der Waals surface area contributed by atoms with Crippen molar-refractivity contribution in [2.45, 2.75) is 13.8 Å². The molecule has 112 valence electrons. The summed E-state index contributed by atoms with van der Waals surface area (Å²) in [6.45, 7) is 3.31. The Balaban J connectivity index is 2.29. The molecule has 0 saturated heterocycles. The Kier molecular flexibility index (Phi) is 3.05. The van der Waals surface area contributed by atoms with E-state index in [0.29, 0.717) is 22.3 Å². The van der Waals surface area contributed by atoms with E-state index in [1.807, 2.05) is 0 Å². The molecule has 0 amide bonds. The summed E-state index contributed by atoms with van der Waals surface area (Å²) in [7, 11) is 0. The predicted octanol–water partition coefficient (Wildman–Crippen LogP) is 2.43. The van der Waals surface area contributed by atoms with Gasteiger partial charge in [0.15, 0.2) is 5.65 Å². The van der Waals surface area contributed by atoms with Crippen molar-refractivity contribution in [3.05, 3.63) is 46.9 Å². The first-order valence-electron chi connectivity index (χ1n) is 6.53. The molecule has 0 aliphatic carbocycles. The molecule has 3 aromatic rings. The number of nitrogens with two attached hydrogens (primary N) is 1. The van der Waals surface area contributed by atoms with E-state index >= 15 is 0 Å². The van der Waals surface area contributed by atoms with Gasteiger partial charge in [-0.3, -0.25) is 0 Å². The molecule has 2 aromatic heterocycles. The fraction of sp³-hybridized carbons (Fsp3) is 0.133. The molecule has 7 heteroatoms. The number of hydrogen-bond donors (Lipinski definition) is 2. The lowest BCUT2D eigenvalue weighted by Gasteiger charge is -2.12. The largest absolute Gasteiger partial charge is 0.478 e. The average molecular weight is 300 g/mol. The van der Waals surface area contributed by atoms with Gasteiger partial charge < -0.3 is 10.8 Å². The summed E-state index contributed by atoms with van der Waals surface area (Å²) in [4.78, 5) is 15.3. The standard InChI is InChI=1S/C15H13FN4O2/c1-7-5-8(2)12(14(21)22)13(16)11(7)9-3-4-20-10(6-9)18-15(17)19-20/h3-6H,1-2H3,(H2,17,19)(H,21,22). The summed E-state index contributed by atoms with van der Waals surface area (Å²) in [5, 5.41) is 13.1. The molecular formula is C15H13FN4O2. The molecule has 0 atom stereocenters. The van der Waals surface area contributed by atoms with E-state index in [1.54, 1.807) is 38.2 Å². The van der Waals surface area contributed by atoms with Crippen molar-refractivity contribution in [2.75, 3.05) is 5.73 Å². The van der Waals surface area contributed by atoms with Crippen LogP contribution in [0.5, 0.6) is 0 Å². The van der Waals surface area contributed by atoms with Crippen LogP contribution in [0.4, 0.5) is 10.3 Å². The van der Waals surface area contributed by atoms with Gasteiger partial charge in [-0.25, -0.2) is 13.7 Å². The number of carboxylic acids is 1. The molecule has 0 saturated carbocycles. The Labute approximate surface area is 125 Å². The van der Waals surface area contributed by atoms with Crippen molar-refractivity contribution in [2.24, 2.45) is 0 Å². The highest BCUT2D eigenvalue weighted by Gasteiger charge is 2.21. The SMILES string of the molecule is Cc1cc(C)c(-c2ccn3nc(N)nc3c2)c(F)c1C(=O)O. The lowest BCUT2D eigenvalue weighted by molar-refractivity contribution is 0.0691. The molecule has 0 aliphatic rings. The van der Waals surface area contributed by atoms with Gasteiger partial charge in [0.2, 0.25) is 5.95 Å². The molecule has 22 heavy (non-hydrogen) atoms. The van der Waals surface area contributed by atoms with Crippen LogP contribution < -0.4 is 5.73 Å². The number of nitrogen functional groups attached to an aromatic ring is 1. The summed E-state index contributed by atoms with van der Waals surface area (Å²) in [5.74, 6) is -1.92. The van der Waals surface area contributed by atoms with Gasteiger partial charge in [0, 0.05) is 11.8 Å². The lowest BCUT2D eigenvalue weighted by atomic mass is 9.94. The number of pyridine rings is 1. The number of anilines is 1. The van der Waals surface area contributed by atoms with Gasteiger partial charge in [0.05, 0.1) is 5.56 Å². The molecule has 0 fully saturated rings. The number of halogens is 1. The Hall–Kier alpha value is -2.96. The third-order valence-corrected chi connectivity index (χ3v) is 3.52. The van der Waals surface area contributed by atoms with Crippen LogP contribution in [0.25, 0.3) is 16.8 Å². The van der Waals surface area contributed by atoms with Crippen molar-refractivity contribution in [3.63, 3.8) is 0 Å². The zero-order chi connectivity index (χ0) is 16.0. The third-order valence-electron chi connectivity index (χ3n) is 3.52. The van der Waals surface area contributed by atoms with Crippen LogP contribution in [0.15, 0.2) is 24.4 Å². The van der Waals surface area contributed by atoms with Gasteiger partial charge in [-0.1, -0.05) is 6.07 Å². The maximum atomic E-state index is 14.7. The Morgan fingerprint density at radius 1 is 1.32 bits per heavy atom. The van der Waals surface area contributed by atoms with Crippen molar-refractivity contribution in [1.29, 1.82) is 0 Å². The van der Waals surface area contributed by atoms with Gasteiger partial charge in [0.25, 0.3) is 0 Å². The monoisotopic (exact) mass is 300 g/mol. The second-order valence-corrected chi connectivity index (χ2v) is 5.07. The normalized spacial score (nSPS) is 11.0. The molecule has 2 heterocycles. The number of fused-ring (bicyclic) bond motifs is 1. The van der Waals surface area contributed by atoms with Crippen molar-refractivity contribution in [1.82, 2.24) is 14.6 Å². The predicted molar refractivity (Wildman–Crippen MR) is 79.2 cm³/mol. The number of benzene rings is 1. The van der Waals surface area contributed by atoms with Gasteiger partial charge in [-0.15, -0.1) is 5.10 Å². The smallest absolute Gasteiger partial charge is 0.338 e. The minimum atomic E-state index is -1.29. The van der Waals surface area contributed by atoms with Gasteiger partial charge >= 0.3 is 5.97 Å². The minimum Gasteiger partial charge on any atom is -0.478 e. The first-order chi connectivity index (χ1) is 10.4. The van der Waals surface area contributed by atoms with Crippen LogP contribution >= 0.6 is 0 Å². The number of hydrogen-bond acceptors (Lipinski definition) is 4. The Morgan fingerprint density at radius 2 is 2.05 bits per heavy atom. The number of rotatable bonds is 2. The molecule has 1 aromatic carbocycles. The van der Waals surface area contributed by atoms with Crippen molar-refractivity contribution < 1.29 is 14.3 Å². The van der Waals surface area contributed by atoms with E-state index in [1.165, 1.54) is 4.52 Å². The summed E-state index contributed by atoms with van der Waals surface area (Å²) < 4.78 is 16.2. The number of nitrogens with zero attached hydrogens (tertiary/aromatic N) is 3. The van der Waals surface area contributed by atoms with Gasteiger partial charge in [-0.05, 0) is 42.7 Å². The van der Waals surface area contributed by atoms with E-state index in [4.69, 9.17) is 5.73 Å². The Bertz CT molecular complexity index is 918. The minimum absolute atomic E-state index is 0.115. The van der Waals surface area contributed by atoms with E-state index in [9.17, 15) is 14.3 Å². The maximum absolute atomic E-state index is 14.7. The summed E-state index contributed by atoms with van der Waals surface area (Å²) >= 11 is 0. The molecule has 0 spiro atoms. The van der Waals surface area contributed by atoms with Gasteiger partial charge in [-0.2, -0.15) is 4.98 Å². The summed E-state index contributed by atoms with van der Waals surface area (Å²) in [6.07, 6.45) is 1.60. The van der Waals surface area contributed by atoms with Crippen LogP contribution in [-0.2, 0) is 0 Å². The number of carboxylic acid groups (broad SMARTS) is 1. The van der Waals surface area contributed by atoms with E-state index in [2.05, 4.69) is 10.1 Å². The van der Waals surface area contributed by atoms with Gasteiger partial charge in [0.1, 0.15) is 5.82 Å². The van der Waals surface area contributed by atoms with Crippen LogP contribution in [0.2, 0.25) is 0 Å². The molecule has 3 rings (SSSR count). The topological polar surface area (TPSA) is 93.5 Å². The Morgan fingerprint density at radius 3 is 2.73 bits per heavy atom. The zero-order valence-electron chi connectivity index (χ0n) is 12.0.